The fourth-order valence-electron chi connectivity index (χ4n) is 5.53. The van der Waals surface area contributed by atoms with E-state index in [-0.39, 0.29) is 31.6 Å². The van der Waals surface area contributed by atoms with Gasteiger partial charge in [-0.3, -0.25) is 9.63 Å². The van der Waals surface area contributed by atoms with Crippen molar-refractivity contribution in [1.82, 2.24) is 4.98 Å². The average molecular weight is 542 g/mol. The summed E-state index contributed by atoms with van der Waals surface area (Å²) in [7, 11) is 0. The maximum absolute atomic E-state index is 15.8. The molecule has 2 N–H and O–H groups in total. The molecule has 40 heavy (non-hydrogen) atoms. The molecule has 1 amide bonds. The maximum atomic E-state index is 15.8. The van der Waals surface area contributed by atoms with Gasteiger partial charge in [0, 0.05) is 23.6 Å². The van der Waals surface area contributed by atoms with E-state index in [0.717, 1.165) is 55.1 Å². The van der Waals surface area contributed by atoms with E-state index in [1.807, 2.05) is 66.7 Å². The number of carbonyl (C=O) groups excluding carboxylic acids is 1. The zero-order valence-electron chi connectivity index (χ0n) is 22.7. The van der Waals surface area contributed by atoms with Crippen LogP contribution in [0.5, 0.6) is 5.75 Å². The van der Waals surface area contributed by atoms with Crippen molar-refractivity contribution in [1.29, 1.82) is 0 Å². The van der Waals surface area contributed by atoms with Gasteiger partial charge in [-0.15, -0.1) is 0 Å². The van der Waals surface area contributed by atoms with E-state index in [4.69, 9.17) is 15.3 Å². The quantitative estimate of drug-likeness (QED) is 0.174. The van der Waals surface area contributed by atoms with Crippen molar-refractivity contribution in [3.63, 3.8) is 0 Å². The molecular formula is C33H36FN3O3. The van der Waals surface area contributed by atoms with Crippen LogP contribution in [-0.4, -0.2) is 24.0 Å². The maximum Gasteiger partial charge on any atom is 0.258 e. The van der Waals surface area contributed by atoms with Crippen molar-refractivity contribution < 1.29 is 18.8 Å². The minimum Gasteiger partial charge on any atom is -0.487 e. The third kappa shape index (κ3) is 6.66. The number of fused-ring (bicyclic) bond motifs is 1. The highest BCUT2D eigenvalue weighted by molar-refractivity contribution is 5.96. The highest BCUT2D eigenvalue weighted by Gasteiger charge is 2.36. The number of hydrogen-bond donors (Lipinski definition) is 1. The van der Waals surface area contributed by atoms with Crippen LogP contribution in [0.15, 0.2) is 84.9 Å². The lowest BCUT2D eigenvalue weighted by Gasteiger charge is -2.31. The van der Waals surface area contributed by atoms with Gasteiger partial charge in [0.15, 0.2) is 0 Å². The van der Waals surface area contributed by atoms with E-state index in [2.05, 4.69) is 4.98 Å². The summed E-state index contributed by atoms with van der Waals surface area (Å²) in [6.07, 6.45) is 6.02. The van der Waals surface area contributed by atoms with Crippen LogP contribution in [0.1, 0.15) is 55.7 Å². The molecule has 1 aromatic heterocycles. The number of para-hydroxylation sites is 2. The third-order valence-electron chi connectivity index (χ3n) is 7.52. The second-order valence-electron chi connectivity index (χ2n) is 10.3. The second-order valence-corrected chi connectivity index (χ2v) is 10.3. The molecule has 208 valence electrons. The van der Waals surface area contributed by atoms with Crippen LogP contribution >= 0.6 is 0 Å². The van der Waals surface area contributed by atoms with Gasteiger partial charge in [-0.2, -0.15) is 5.06 Å². The number of amides is 1. The number of carbonyl (C=O) groups is 1. The molecule has 7 heteroatoms. The molecule has 1 heterocycles. The van der Waals surface area contributed by atoms with Crippen molar-refractivity contribution in [2.24, 2.45) is 11.7 Å². The van der Waals surface area contributed by atoms with Crippen LogP contribution < -0.4 is 15.5 Å². The van der Waals surface area contributed by atoms with Crippen molar-refractivity contribution in [2.45, 2.75) is 51.0 Å². The number of anilines is 1. The van der Waals surface area contributed by atoms with E-state index in [9.17, 15) is 4.79 Å². The number of ether oxygens (including phenoxy) is 1. The molecule has 1 fully saturated rings. The third-order valence-corrected chi connectivity index (χ3v) is 7.52. The van der Waals surface area contributed by atoms with Crippen LogP contribution in [0.3, 0.4) is 0 Å². The van der Waals surface area contributed by atoms with E-state index >= 15 is 4.39 Å². The van der Waals surface area contributed by atoms with Crippen molar-refractivity contribution in [3.05, 3.63) is 102 Å². The Balaban J connectivity index is 1.41. The van der Waals surface area contributed by atoms with Gasteiger partial charge >= 0.3 is 0 Å². The first-order valence-electron chi connectivity index (χ1n) is 14.1. The predicted octanol–water partition coefficient (Wildman–Crippen LogP) is 6.93. The number of hydrogen-bond acceptors (Lipinski definition) is 5. The Morgan fingerprint density at radius 2 is 1.70 bits per heavy atom. The normalized spacial score (nSPS) is 14.9. The number of rotatable bonds is 10. The van der Waals surface area contributed by atoms with Crippen LogP contribution in [0.2, 0.25) is 0 Å². The lowest BCUT2D eigenvalue weighted by Crippen LogP contribution is -2.39. The lowest BCUT2D eigenvalue weighted by atomic mass is 9.80. The first kappa shape index (κ1) is 27.7. The SMILES string of the molecule is NCCON(C(=O)[C@@H](c1ccc(OCc2ccc3ccccc3n2)cc1F)C1CCCCCC1)c1ccccc1. The first-order valence-corrected chi connectivity index (χ1v) is 14.1. The largest absolute Gasteiger partial charge is 0.487 e. The summed E-state index contributed by atoms with van der Waals surface area (Å²) >= 11 is 0. The molecule has 1 aliphatic carbocycles. The molecule has 0 radical (unpaired) electrons. The molecule has 0 aliphatic heterocycles. The molecular weight excluding hydrogens is 505 g/mol. The van der Waals surface area contributed by atoms with Crippen LogP contribution in [0.25, 0.3) is 10.9 Å². The summed E-state index contributed by atoms with van der Waals surface area (Å²) in [6.45, 7) is 0.649. The molecule has 1 saturated carbocycles. The zero-order valence-corrected chi connectivity index (χ0v) is 22.7. The number of benzene rings is 3. The molecule has 4 aromatic rings. The summed E-state index contributed by atoms with van der Waals surface area (Å²) in [5.74, 6) is -1.03. The first-order chi connectivity index (χ1) is 19.6. The molecule has 5 rings (SSSR count). The number of aromatic nitrogens is 1. The standard InChI is InChI=1S/C33H36FN3O3/c34-30-22-28(39-23-26-17-16-24-10-8-9-15-31(24)36-26)18-19-29(30)32(25-11-4-1-2-5-12-25)33(38)37(40-21-20-35)27-13-6-3-7-14-27/h3,6-10,13-19,22,25,32H,1-2,4-5,11-12,20-21,23,35H2/t32-/m1/s1. The van der Waals surface area contributed by atoms with E-state index < -0.39 is 11.7 Å². The van der Waals surface area contributed by atoms with E-state index in [1.54, 1.807) is 12.1 Å². The Labute approximate surface area is 234 Å². The summed E-state index contributed by atoms with van der Waals surface area (Å²) in [6, 6.07) is 25.8. The monoisotopic (exact) mass is 541 g/mol. The minimum absolute atomic E-state index is 0.00533. The van der Waals surface area contributed by atoms with Crippen LogP contribution in [0, 0.1) is 11.7 Å². The molecule has 0 unspecified atom stereocenters. The minimum atomic E-state index is -0.688. The topological polar surface area (TPSA) is 77.7 Å². The molecule has 3 aromatic carbocycles. The molecule has 6 nitrogen and oxygen atoms in total. The fourth-order valence-corrected chi connectivity index (χ4v) is 5.53. The number of pyridine rings is 1. The lowest BCUT2D eigenvalue weighted by molar-refractivity contribution is -0.128. The summed E-state index contributed by atoms with van der Waals surface area (Å²) in [5, 5.41) is 2.35. The summed E-state index contributed by atoms with van der Waals surface area (Å²) < 4.78 is 21.8. The van der Waals surface area contributed by atoms with Gasteiger partial charge in [-0.1, -0.05) is 74.2 Å². The summed E-state index contributed by atoms with van der Waals surface area (Å²) in [5.41, 5.74) is 8.31. The van der Waals surface area contributed by atoms with Gasteiger partial charge in [-0.25, -0.2) is 9.37 Å². The van der Waals surface area contributed by atoms with Gasteiger partial charge in [0.1, 0.15) is 18.2 Å². The van der Waals surface area contributed by atoms with Crippen LogP contribution in [-0.2, 0) is 16.2 Å². The average Bonchev–Trinajstić information content (AvgIpc) is 3.27. The van der Waals surface area contributed by atoms with E-state index in [0.29, 0.717) is 17.0 Å². The Hall–Kier alpha value is -3.81. The van der Waals surface area contributed by atoms with Crippen molar-refractivity contribution >= 4 is 22.5 Å². The van der Waals surface area contributed by atoms with Crippen molar-refractivity contribution in [3.8, 4) is 5.75 Å². The molecule has 0 bridgehead atoms. The van der Waals surface area contributed by atoms with Gasteiger partial charge < -0.3 is 10.5 Å². The Bertz CT molecular complexity index is 1410. The molecule has 0 spiro atoms. The van der Waals surface area contributed by atoms with Gasteiger partial charge in [0.05, 0.1) is 29.4 Å². The Morgan fingerprint density at radius 1 is 0.950 bits per heavy atom. The number of halogens is 1. The smallest absolute Gasteiger partial charge is 0.258 e. The molecule has 1 atom stereocenters. The number of hydroxylamine groups is 1. The summed E-state index contributed by atoms with van der Waals surface area (Å²) in [4.78, 5) is 24.7. The zero-order chi connectivity index (χ0) is 27.7. The van der Waals surface area contributed by atoms with Gasteiger partial charge in [-0.05, 0) is 49.1 Å². The number of nitrogens with two attached hydrogens (primary N) is 1. The van der Waals surface area contributed by atoms with Gasteiger partial charge in [0.25, 0.3) is 5.91 Å². The highest BCUT2D eigenvalue weighted by Crippen LogP contribution is 2.39. The second kappa shape index (κ2) is 13.5. The molecule has 1 aliphatic rings. The Morgan fingerprint density at radius 3 is 2.45 bits per heavy atom. The van der Waals surface area contributed by atoms with Crippen molar-refractivity contribution in [2.75, 3.05) is 18.2 Å². The van der Waals surface area contributed by atoms with Gasteiger partial charge in [0.2, 0.25) is 0 Å². The Kier molecular flexibility index (Phi) is 9.37. The predicted molar refractivity (Wildman–Crippen MR) is 155 cm³/mol. The molecule has 0 saturated heterocycles. The highest BCUT2D eigenvalue weighted by atomic mass is 19.1. The fraction of sp³-hybridized carbons (Fsp3) is 0.333. The van der Waals surface area contributed by atoms with Crippen LogP contribution in [0.4, 0.5) is 10.1 Å². The number of nitrogens with zero attached hydrogens (tertiary/aromatic N) is 2. The van der Waals surface area contributed by atoms with E-state index in [1.165, 1.54) is 11.1 Å².